The molecule has 7 heteroatoms. The summed E-state index contributed by atoms with van der Waals surface area (Å²) in [6.07, 6.45) is 3.37. The van der Waals surface area contributed by atoms with E-state index in [1.807, 2.05) is 6.07 Å². The number of hydrogen-bond acceptors (Lipinski definition) is 4. The predicted octanol–water partition coefficient (Wildman–Crippen LogP) is 1.64. The SMILES string of the molecule is CCNC(=NCc1cccnc1N1CCC(C(N)=O)CC1)NC(C)(C)C. The van der Waals surface area contributed by atoms with Gasteiger partial charge in [0.2, 0.25) is 5.91 Å². The molecule has 144 valence electrons. The van der Waals surface area contributed by atoms with Gasteiger partial charge in [-0.05, 0) is 46.6 Å². The van der Waals surface area contributed by atoms with Crippen molar-refractivity contribution in [1.29, 1.82) is 0 Å². The second kappa shape index (κ2) is 8.87. The lowest BCUT2D eigenvalue weighted by molar-refractivity contribution is -0.122. The van der Waals surface area contributed by atoms with Crippen molar-refractivity contribution in [2.24, 2.45) is 16.6 Å². The number of pyridine rings is 1. The largest absolute Gasteiger partial charge is 0.369 e. The number of carbonyl (C=O) groups is 1. The first-order valence-electron chi connectivity index (χ1n) is 9.35. The van der Waals surface area contributed by atoms with Crippen molar-refractivity contribution in [2.75, 3.05) is 24.5 Å². The molecule has 0 bridgehead atoms. The number of primary amides is 1. The topological polar surface area (TPSA) is 95.6 Å². The molecule has 2 rings (SSSR count). The molecule has 0 aromatic carbocycles. The minimum absolute atomic E-state index is 0.0206. The van der Waals surface area contributed by atoms with Crippen LogP contribution in [0.15, 0.2) is 23.3 Å². The maximum Gasteiger partial charge on any atom is 0.220 e. The summed E-state index contributed by atoms with van der Waals surface area (Å²) in [5.74, 6) is 1.53. The molecule has 0 aliphatic carbocycles. The van der Waals surface area contributed by atoms with Crippen LogP contribution in [0.5, 0.6) is 0 Å². The molecule has 7 nitrogen and oxygen atoms in total. The number of hydrogen-bond donors (Lipinski definition) is 3. The molecule has 0 spiro atoms. The van der Waals surface area contributed by atoms with Gasteiger partial charge in [0.05, 0.1) is 6.54 Å². The number of nitrogens with one attached hydrogen (secondary N) is 2. The van der Waals surface area contributed by atoms with Crippen molar-refractivity contribution in [3.05, 3.63) is 23.9 Å². The number of nitrogens with two attached hydrogens (primary N) is 1. The summed E-state index contributed by atoms with van der Waals surface area (Å²) in [5.41, 5.74) is 6.46. The average Bonchev–Trinajstić information content (AvgIpc) is 2.59. The van der Waals surface area contributed by atoms with Crippen molar-refractivity contribution in [3.8, 4) is 0 Å². The Kier molecular flexibility index (Phi) is 6.83. The minimum atomic E-state index is -0.195. The van der Waals surface area contributed by atoms with E-state index in [0.29, 0.717) is 6.54 Å². The van der Waals surface area contributed by atoms with E-state index in [1.165, 1.54) is 0 Å². The van der Waals surface area contributed by atoms with Gasteiger partial charge in [0, 0.05) is 42.9 Å². The lowest BCUT2D eigenvalue weighted by Gasteiger charge is -2.32. The molecule has 1 aromatic rings. The van der Waals surface area contributed by atoms with Crippen LogP contribution in [0.2, 0.25) is 0 Å². The van der Waals surface area contributed by atoms with Crippen LogP contribution in [0.4, 0.5) is 5.82 Å². The Morgan fingerprint density at radius 3 is 2.65 bits per heavy atom. The van der Waals surface area contributed by atoms with Crippen molar-refractivity contribution >= 4 is 17.7 Å². The van der Waals surface area contributed by atoms with Crippen LogP contribution in [0.25, 0.3) is 0 Å². The molecular weight excluding hydrogens is 328 g/mol. The highest BCUT2D eigenvalue weighted by atomic mass is 16.1. The average molecular weight is 361 g/mol. The van der Waals surface area contributed by atoms with Crippen LogP contribution < -0.4 is 21.3 Å². The quantitative estimate of drug-likeness (QED) is 0.548. The third-order valence-corrected chi connectivity index (χ3v) is 4.31. The van der Waals surface area contributed by atoms with Gasteiger partial charge in [0.15, 0.2) is 5.96 Å². The predicted molar refractivity (Wildman–Crippen MR) is 106 cm³/mol. The zero-order valence-corrected chi connectivity index (χ0v) is 16.4. The highest BCUT2D eigenvalue weighted by molar-refractivity contribution is 5.80. The number of piperidine rings is 1. The normalized spacial score (nSPS) is 16.5. The number of anilines is 1. The molecule has 1 aromatic heterocycles. The lowest BCUT2D eigenvalue weighted by Crippen LogP contribution is -2.47. The molecule has 0 atom stereocenters. The fraction of sp³-hybridized carbons (Fsp3) is 0.632. The molecule has 1 fully saturated rings. The number of carbonyl (C=O) groups excluding carboxylic acids is 1. The summed E-state index contributed by atoms with van der Waals surface area (Å²) < 4.78 is 0. The molecule has 4 N–H and O–H groups in total. The summed E-state index contributed by atoms with van der Waals surface area (Å²) in [4.78, 5) is 22.9. The van der Waals surface area contributed by atoms with Gasteiger partial charge < -0.3 is 21.3 Å². The second-order valence-electron chi connectivity index (χ2n) is 7.72. The standard InChI is InChI=1S/C19H32N6O/c1-5-21-18(24-19(2,3)4)23-13-15-7-6-10-22-17(15)25-11-8-14(9-12-25)16(20)26/h6-7,10,14H,5,8-9,11-13H2,1-4H3,(H2,20,26)(H2,21,23,24). The Morgan fingerprint density at radius 1 is 1.38 bits per heavy atom. The first-order valence-corrected chi connectivity index (χ1v) is 9.35. The lowest BCUT2D eigenvalue weighted by atomic mass is 9.96. The van der Waals surface area contributed by atoms with Crippen LogP contribution in [-0.2, 0) is 11.3 Å². The zero-order chi connectivity index (χ0) is 19.2. The maximum absolute atomic E-state index is 11.4. The van der Waals surface area contributed by atoms with E-state index in [0.717, 1.165) is 49.8 Å². The summed E-state index contributed by atoms with van der Waals surface area (Å²) in [6, 6.07) is 4.00. The Bertz CT molecular complexity index is 629. The molecule has 1 saturated heterocycles. The van der Waals surface area contributed by atoms with E-state index in [4.69, 9.17) is 10.7 Å². The van der Waals surface area contributed by atoms with Crippen LogP contribution in [0.3, 0.4) is 0 Å². The number of guanidine groups is 1. The van der Waals surface area contributed by atoms with E-state index in [9.17, 15) is 4.79 Å². The summed E-state index contributed by atoms with van der Waals surface area (Å²) >= 11 is 0. The minimum Gasteiger partial charge on any atom is -0.369 e. The first-order chi connectivity index (χ1) is 12.3. The van der Waals surface area contributed by atoms with Crippen LogP contribution in [0.1, 0.15) is 46.1 Å². The van der Waals surface area contributed by atoms with Gasteiger partial charge in [-0.25, -0.2) is 9.98 Å². The van der Waals surface area contributed by atoms with Gasteiger partial charge in [-0.15, -0.1) is 0 Å². The Balaban J connectivity index is 2.11. The summed E-state index contributed by atoms with van der Waals surface area (Å²) in [6.45, 7) is 11.3. The monoisotopic (exact) mass is 360 g/mol. The smallest absolute Gasteiger partial charge is 0.220 e. The number of aromatic nitrogens is 1. The summed E-state index contributed by atoms with van der Waals surface area (Å²) in [7, 11) is 0. The number of nitrogens with zero attached hydrogens (tertiary/aromatic N) is 3. The van der Waals surface area contributed by atoms with E-state index in [-0.39, 0.29) is 17.4 Å². The van der Waals surface area contributed by atoms with Gasteiger partial charge in [0.25, 0.3) is 0 Å². The Labute approximate surface area is 156 Å². The number of amides is 1. The molecule has 0 radical (unpaired) electrons. The highest BCUT2D eigenvalue weighted by Crippen LogP contribution is 2.24. The van der Waals surface area contributed by atoms with Crippen molar-refractivity contribution in [1.82, 2.24) is 15.6 Å². The molecule has 1 aliphatic rings. The van der Waals surface area contributed by atoms with Crippen molar-refractivity contribution in [2.45, 2.75) is 52.6 Å². The molecule has 26 heavy (non-hydrogen) atoms. The van der Waals surface area contributed by atoms with E-state index >= 15 is 0 Å². The van der Waals surface area contributed by atoms with Crippen molar-refractivity contribution < 1.29 is 4.79 Å². The molecular formula is C19H32N6O. The van der Waals surface area contributed by atoms with E-state index in [1.54, 1.807) is 6.20 Å². The van der Waals surface area contributed by atoms with E-state index < -0.39 is 0 Å². The van der Waals surface area contributed by atoms with Gasteiger partial charge in [-0.1, -0.05) is 6.07 Å². The van der Waals surface area contributed by atoms with Gasteiger partial charge in [-0.3, -0.25) is 4.79 Å². The van der Waals surface area contributed by atoms with Gasteiger partial charge in [0.1, 0.15) is 5.82 Å². The zero-order valence-electron chi connectivity index (χ0n) is 16.4. The van der Waals surface area contributed by atoms with Crippen LogP contribution >= 0.6 is 0 Å². The molecule has 0 saturated carbocycles. The third-order valence-electron chi connectivity index (χ3n) is 4.31. The number of rotatable bonds is 5. The maximum atomic E-state index is 11.4. The molecule has 0 unspecified atom stereocenters. The highest BCUT2D eigenvalue weighted by Gasteiger charge is 2.25. The Hall–Kier alpha value is -2.31. The Morgan fingerprint density at radius 2 is 2.08 bits per heavy atom. The fourth-order valence-corrected chi connectivity index (χ4v) is 3.04. The number of aliphatic imine (C=N–C) groups is 1. The second-order valence-corrected chi connectivity index (χ2v) is 7.72. The molecule has 1 amide bonds. The fourth-order valence-electron chi connectivity index (χ4n) is 3.04. The third kappa shape index (κ3) is 5.89. The van der Waals surface area contributed by atoms with Gasteiger partial charge in [-0.2, -0.15) is 0 Å². The molecule has 1 aliphatic heterocycles. The van der Waals surface area contributed by atoms with Crippen LogP contribution in [-0.4, -0.2) is 42.0 Å². The van der Waals surface area contributed by atoms with Crippen LogP contribution in [0, 0.1) is 5.92 Å². The molecule has 2 heterocycles. The van der Waals surface area contributed by atoms with Crippen molar-refractivity contribution in [3.63, 3.8) is 0 Å². The van der Waals surface area contributed by atoms with Gasteiger partial charge >= 0.3 is 0 Å². The first kappa shape index (κ1) is 20.0. The van der Waals surface area contributed by atoms with E-state index in [2.05, 4.69) is 54.3 Å². The summed E-state index contributed by atoms with van der Waals surface area (Å²) in [5, 5.41) is 6.68.